The van der Waals surface area contributed by atoms with Crippen molar-refractivity contribution in [2.45, 2.75) is 19.0 Å². The van der Waals surface area contributed by atoms with Gasteiger partial charge in [0.05, 0.1) is 6.54 Å². The van der Waals surface area contributed by atoms with Crippen molar-refractivity contribution < 1.29 is 18.0 Å². The van der Waals surface area contributed by atoms with Crippen molar-refractivity contribution in [3.05, 3.63) is 0 Å². The number of amides is 1. The Hall–Kier alpha value is -0.820. The van der Waals surface area contributed by atoms with Gasteiger partial charge in [-0.3, -0.25) is 9.69 Å². The smallest absolute Gasteiger partial charge is 0.346 e. The number of rotatable bonds is 5. The van der Waals surface area contributed by atoms with Crippen molar-refractivity contribution in [1.29, 1.82) is 0 Å². The van der Waals surface area contributed by atoms with Crippen molar-refractivity contribution in [3.63, 3.8) is 0 Å². The minimum absolute atomic E-state index is 0.00653. The van der Waals surface area contributed by atoms with E-state index in [0.29, 0.717) is 5.92 Å². The third kappa shape index (κ3) is 6.80. The van der Waals surface area contributed by atoms with E-state index in [2.05, 4.69) is 5.32 Å². The van der Waals surface area contributed by atoms with Gasteiger partial charge in [0.15, 0.2) is 0 Å². The highest BCUT2D eigenvalue weighted by Gasteiger charge is 2.27. The number of nitrogens with one attached hydrogen (secondary N) is 2. The summed E-state index contributed by atoms with van der Waals surface area (Å²) in [5.41, 5.74) is 0. The molecule has 2 N–H and O–H groups in total. The maximum absolute atomic E-state index is 11.9. The van der Waals surface area contributed by atoms with Crippen molar-refractivity contribution in [3.8, 4) is 0 Å². The van der Waals surface area contributed by atoms with E-state index in [1.165, 1.54) is 0 Å². The van der Waals surface area contributed by atoms with E-state index in [1.54, 1.807) is 11.9 Å². The Bertz CT molecular complexity index is 265. The van der Waals surface area contributed by atoms with Crippen LogP contribution in [-0.4, -0.2) is 56.8 Å². The van der Waals surface area contributed by atoms with Gasteiger partial charge in [0.25, 0.3) is 0 Å². The number of carbonyl (C=O) groups excluding carboxylic acids is 1. The van der Waals surface area contributed by atoms with E-state index >= 15 is 0 Å². The number of halogens is 3. The molecule has 106 valence electrons. The molecule has 0 spiro atoms. The summed E-state index contributed by atoms with van der Waals surface area (Å²) in [6, 6.07) is 0. The molecule has 1 rings (SSSR count). The molecule has 0 bridgehead atoms. The monoisotopic (exact) mass is 267 g/mol. The van der Waals surface area contributed by atoms with Gasteiger partial charge in [0, 0.05) is 6.54 Å². The molecule has 18 heavy (non-hydrogen) atoms. The van der Waals surface area contributed by atoms with Gasteiger partial charge < -0.3 is 10.6 Å². The number of piperidine rings is 1. The Balaban J connectivity index is 2.18. The molecule has 1 heterocycles. The van der Waals surface area contributed by atoms with Gasteiger partial charge in [-0.05, 0) is 38.9 Å². The average Bonchev–Trinajstić information content (AvgIpc) is 2.26. The lowest BCUT2D eigenvalue weighted by molar-refractivity contribution is -0.138. The van der Waals surface area contributed by atoms with E-state index in [-0.39, 0.29) is 6.54 Å². The van der Waals surface area contributed by atoms with Crippen LogP contribution < -0.4 is 10.6 Å². The summed E-state index contributed by atoms with van der Waals surface area (Å²) < 4.78 is 35.7. The fourth-order valence-electron chi connectivity index (χ4n) is 2.09. The fourth-order valence-corrected chi connectivity index (χ4v) is 2.09. The Morgan fingerprint density at radius 1 is 1.50 bits per heavy atom. The number of carbonyl (C=O) groups is 1. The van der Waals surface area contributed by atoms with Gasteiger partial charge in [-0.1, -0.05) is 0 Å². The van der Waals surface area contributed by atoms with Crippen molar-refractivity contribution in [2.75, 3.05) is 39.8 Å². The first kappa shape index (κ1) is 15.2. The second kappa shape index (κ2) is 6.94. The topological polar surface area (TPSA) is 44.4 Å². The summed E-state index contributed by atoms with van der Waals surface area (Å²) in [5, 5.41) is 5.13. The third-order valence-electron chi connectivity index (χ3n) is 2.87. The lowest BCUT2D eigenvalue weighted by atomic mass is 9.99. The second-order valence-corrected chi connectivity index (χ2v) is 4.80. The normalized spacial score (nSPS) is 21.1. The summed E-state index contributed by atoms with van der Waals surface area (Å²) in [7, 11) is 1.75. The minimum Gasteiger partial charge on any atom is -0.346 e. The summed E-state index contributed by atoms with van der Waals surface area (Å²) in [6.07, 6.45) is -2.14. The number of alkyl halides is 3. The fraction of sp³-hybridized carbons (Fsp3) is 0.909. The van der Waals surface area contributed by atoms with Crippen LogP contribution in [-0.2, 0) is 4.79 Å². The maximum Gasteiger partial charge on any atom is 0.405 e. The molecule has 1 atom stereocenters. The van der Waals surface area contributed by atoms with Crippen LogP contribution in [0.2, 0.25) is 0 Å². The highest BCUT2D eigenvalue weighted by Crippen LogP contribution is 2.12. The molecule has 0 radical (unpaired) electrons. The zero-order valence-electron chi connectivity index (χ0n) is 10.5. The molecule has 0 saturated carbocycles. The highest BCUT2D eigenvalue weighted by molar-refractivity contribution is 5.77. The van der Waals surface area contributed by atoms with E-state index in [1.807, 2.05) is 5.32 Å². The number of nitrogens with zero attached hydrogens (tertiary/aromatic N) is 1. The molecule has 1 aliphatic rings. The molecule has 1 aliphatic heterocycles. The van der Waals surface area contributed by atoms with E-state index in [4.69, 9.17) is 0 Å². The van der Waals surface area contributed by atoms with Crippen LogP contribution in [0.15, 0.2) is 0 Å². The minimum atomic E-state index is -4.35. The molecule has 0 aromatic heterocycles. The molecular weight excluding hydrogens is 247 g/mol. The summed E-state index contributed by atoms with van der Waals surface area (Å²) in [5.74, 6) is -0.113. The molecule has 1 unspecified atom stereocenters. The summed E-state index contributed by atoms with van der Waals surface area (Å²) >= 11 is 0. The lowest BCUT2D eigenvalue weighted by Gasteiger charge is -2.27. The van der Waals surface area contributed by atoms with Gasteiger partial charge in [0.2, 0.25) is 5.91 Å². The van der Waals surface area contributed by atoms with Crippen LogP contribution in [0.25, 0.3) is 0 Å². The van der Waals surface area contributed by atoms with Crippen LogP contribution >= 0.6 is 0 Å². The van der Waals surface area contributed by atoms with Gasteiger partial charge in [-0.25, -0.2) is 0 Å². The zero-order chi connectivity index (χ0) is 13.6. The number of hydrogen-bond acceptors (Lipinski definition) is 3. The SMILES string of the molecule is CN(CC(=O)NCC(F)(F)F)CC1CCCNC1. The third-order valence-corrected chi connectivity index (χ3v) is 2.87. The molecular formula is C11H20F3N3O. The first-order valence-corrected chi connectivity index (χ1v) is 6.09. The quantitative estimate of drug-likeness (QED) is 0.766. The van der Waals surface area contributed by atoms with Crippen LogP contribution in [0.5, 0.6) is 0 Å². The van der Waals surface area contributed by atoms with Gasteiger partial charge in [-0.2, -0.15) is 13.2 Å². The number of likely N-dealkylation sites (N-methyl/N-ethyl adjacent to an activating group) is 1. The Morgan fingerprint density at radius 2 is 2.22 bits per heavy atom. The molecule has 4 nitrogen and oxygen atoms in total. The van der Waals surface area contributed by atoms with Crippen LogP contribution in [0.1, 0.15) is 12.8 Å². The first-order valence-electron chi connectivity index (χ1n) is 6.09. The Morgan fingerprint density at radius 3 is 2.78 bits per heavy atom. The van der Waals surface area contributed by atoms with Crippen LogP contribution in [0.4, 0.5) is 13.2 Å². The Kier molecular flexibility index (Phi) is 5.87. The molecule has 0 aromatic rings. The first-order chi connectivity index (χ1) is 8.37. The average molecular weight is 267 g/mol. The number of hydrogen-bond donors (Lipinski definition) is 2. The molecule has 1 fully saturated rings. The molecule has 0 aromatic carbocycles. The van der Waals surface area contributed by atoms with Gasteiger partial charge in [-0.15, -0.1) is 0 Å². The summed E-state index contributed by atoms with van der Waals surface area (Å²) in [4.78, 5) is 13.0. The van der Waals surface area contributed by atoms with Crippen molar-refractivity contribution in [2.24, 2.45) is 5.92 Å². The highest BCUT2D eigenvalue weighted by atomic mass is 19.4. The lowest BCUT2D eigenvalue weighted by Crippen LogP contribution is -2.43. The van der Waals surface area contributed by atoms with Crippen LogP contribution in [0, 0.1) is 5.92 Å². The van der Waals surface area contributed by atoms with E-state index in [9.17, 15) is 18.0 Å². The molecule has 1 amide bonds. The largest absolute Gasteiger partial charge is 0.405 e. The Labute approximate surface area is 105 Å². The van der Waals surface area contributed by atoms with Gasteiger partial charge >= 0.3 is 6.18 Å². The predicted molar refractivity (Wildman–Crippen MR) is 62.2 cm³/mol. The predicted octanol–water partition coefficient (Wildman–Crippen LogP) is 0.596. The van der Waals surface area contributed by atoms with E-state index < -0.39 is 18.6 Å². The summed E-state index contributed by atoms with van der Waals surface area (Å²) in [6.45, 7) is 1.41. The van der Waals surface area contributed by atoms with E-state index in [0.717, 1.165) is 32.5 Å². The van der Waals surface area contributed by atoms with Gasteiger partial charge in [0.1, 0.15) is 6.54 Å². The molecule has 0 aliphatic carbocycles. The second-order valence-electron chi connectivity index (χ2n) is 4.80. The zero-order valence-corrected chi connectivity index (χ0v) is 10.5. The standard InChI is InChI=1S/C11H20F3N3O/c1-17(6-9-3-2-4-15-5-9)7-10(18)16-8-11(12,13)14/h9,15H,2-8H2,1H3,(H,16,18). The molecule has 1 saturated heterocycles. The maximum atomic E-state index is 11.9. The molecule has 7 heteroatoms. The van der Waals surface area contributed by atoms with Crippen molar-refractivity contribution >= 4 is 5.91 Å². The van der Waals surface area contributed by atoms with Crippen LogP contribution in [0.3, 0.4) is 0 Å². The van der Waals surface area contributed by atoms with Crippen molar-refractivity contribution in [1.82, 2.24) is 15.5 Å².